The Morgan fingerprint density at radius 1 is 1.07 bits per heavy atom. The molecule has 152 valence electrons. The highest BCUT2D eigenvalue weighted by Gasteiger charge is 2.45. The van der Waals surface area contributed by atoms with Crippen molar-refractivity contribution < 1.29 is 19.1 Å². The van der Waals surface area contributed by atoms with Gasteiger partial charge in [-0.1, -0.05) is 51.5 Å². The summed E-state index contributed by atoms with van der Waals surface area (Å²) in [7, 11) is 0. The van der Waals surface area contributed by atoms with Crippen molar-refractivity contribution in [1.82, 2.24) is 4.90 Å². The lowest BCUT2D eigenvalue weighted by Gasteiger charge is -2.25. The fourth-order valence-electron chi connectivity index (χ4n) is 3.61. The number of carbonyl (C=O) groups is 2. The number of hydrogen-bond acceptors (Lipinski definition) is 3. The van der Waals surface area contributed by atoms with Crippen LogP contribution in [0.15, 0.2) is 54.1 Å². The number of amides is 1. The lowest BCUT2D eigenvalue weighted by Crippen LogP contribution is -2.30. The fraction of sp³-hybridized carbons (Fsp3) is 0.333. The maximum absolute atomic E-state index is 13.3. The van der Waals surface area contributed by atoms with Crippen molar-refractivity contribution in [1.29, 1.82) is 0 Å². The van der Waals surface area contributed by atoms with Crippen molar-refractivity contribution in [3.63, 3.8) is 0 Å². The average molecular weight is 395 g/mol. The Morgan fingerprint density at radius 3 is 2.24 bits per heavy atom. The van der Waals surface area contributed by atoms with Gasteiger partial charge in [-0.25, -0.2) is 4.39 Å². The van der Waals surface area contributed by atoms with E-state index in [1.807, 2.05) is 31.2 Å². The molecule has 1 unspecified atom stereocenters. The van der Waals surface area contributed by atoms with Gasteiger partial charge in [-0.2, -0.15) is 0 Å². The van der Waals surface area contributed by atoms with Gasteiger partial charge in [0.05, 0.1) is 11.6 Å². The minimum Gasteiger partial charge on any atom is -0.507 e. The quantitative estimate of drug-likeness (QED) is 0.417. The third kappa shape index (κ3) is 4.09. The van der Waals surface area contributed by atoms with Crippen LogP contribution in [0.25, 0.3) is 5.76 Å². The molecule has 1 saturated heterocycles. The van der Waals surface area contributed by atoms with Crippen LogP contribution in [0.1, 0.15) is 62.3 Å². The molecule has 0 bridgehead atoms. The molecule has 2 aromatic carbocycles. The number of unbranched alkanes of at least 4 members (excludes halogenated alkanes) is 1. The molecule has 5 heteroatoms. The normalized spacial score (nSPS) is 18.7. The topological polar surface area (TPSA) is 57.6 Å². The van der Waals surface area contributed by atoms with Gasteiger partial charge in [0, 0.05) is 12.1 Å². The number of halogens is 1. The molecule has 0 aromatic heterocycles. The standard InChI is InChI=1S/C24H26FNO3/c1-4-5-14-26-21(17-8-6-16(7-9-17)15(2)3)20(23(28)24(26)29)22(27)18-10-12-19(25)13-11-18/h6-13,15,21,27H,4-5,14H2,1-3H3/b22-20-. The van der Waals surface area contributed by atoms with E-state index in [2.05, 4.69) is 13.8 Å². The molecular formula is C24H26FNO3. The zero-order valence-electron chi connectivity index (χ0n) is 17.0. The number of rotatable bonds is 6. The molecule has 0 saturated carbocycles. The van der Waals surface area contributed by atoms with Crippen LogP contribution >= 0.6 is 0 Å². The van der Waals surface area contributed by atoms with E-state index in [1.165, 1.54) is 29.2 Å². The molecule has 1 aliphatic rings. The molecule has 1 heterocycles. The third-order valence-electron chi connectivity index (χ3n) is 5.33. The van der Waals surface area contributed by atoms with E-state index < -0.39 is 23.5 Å². The minimum absolute atomic E-state index is 0.0509. The number of aliphatic hydroxyl groups is 1. The fourth-order valence-corrected chi connectivity index (χ4v) is 3.61. The summed E-state index contributed by atoms with van der Waals surface area (Å²) in [5, 5.41) is 10.9. The molecule has 4 nitrogen and oxygen atoms in total. The van der Waals surface area contributed by atoms with Crippen LogP contribution < -0.4 is 0 Å². The molecule has 1 atom stereocenters. The summed E-state index contributed by atoms with van der Waals surface area (Å²) in [6.45, 7) is 6.63. The largest absolute Gasteiger partial charge is 0.507 e. The van der Waals surface area contributed by atoms with Gasteiger partial charge in [-0.05, 0) is 47.7 Å². The highest BCUT2D eigenvalue weighted by atomic mass is 19.1. The van der Waals surface area contributed by atoms with E-state index >= 15 is 0 Å². The monoisotopic (exact) mass is 395 g/mol. The predicted octanol–water partition coefficient (Wildman–Crippen LogP) is 5.17. The summed E-state index contributed by atoms with van der Waals surface area (Å²) in [6.07, 6.45) is 1.63. The first-order valence-electron chi connectivity index (χ1n) is 9.99. The molecule has 1 fully saturated rings. The Morgan fingerprint density at radius 2 is 1.69 bits per heavy atom. The SMILES string of the molecule is CCCCN1C(=O)C(=O)/C(=C(\O)c2ccc(F)cc2)C1c1ccc(C(C)C)cc1. The van der Waals surface area contributed by atoms with E-state index in [4.69, 9.17) is 0 Å². The molecular weight excluding hydrogens is 369 g/mol. The number of aliphatic hydroxyl groups excluding tert-OH is 1. The first kappa shape index (κ1) is 20.8. The summed E-state index contributed by atoms with van der Waals surface area (Å²) in [6, 6.07) is 12.4. The van der Waals surface area contributed by atoms with Gasteiger partial charge in [0.25, 0.3) is 11.7 Å². The number of likely N-dealkylation sites (tertiary alicyclic amines) is 1. The zero-order valence-corrected chi connectivity index (χ0v) is 17.0. The van der Waals surface area contributed by atoms with Gasteiger partial charge in [0.15, 0.2) is 0 Å². The molecule has 0 spiro atoms. The minimum atomic E-state index is -0.708. The van der Waals surface area contributed by atoms with Crippen molar-refractivity contribution in [2.75, 3.05) is 6.54 Å². The second kappa shape index (κ2) is 8.60. The highest BCUT2D eigenvalue weighted by molar-refractivity contribution is 6.46. The number of carbonyl (C=O) groups excluding carboxylic acids is 2. The summed E-state index contributed by atoms with van der Waals surface area (Å²) in [5.41, 5.74) is 2.28. The summed E-state index contributed by atoms with van der Waals surface area (Å²) in [4.78, 5) is 27.1. The smallest absolute Gasteiger partial charge is 0.295 e. The molecule has 2 aromatic rings. The van der Waals surface area contributed by atoms with Gasteiger partial charge in [0.1, 0.15) is 11.6 Å². The number of ketones is 1. The summed E-state index contributed by atoms with van der Waals surface area (Å²) in [5.74, 6) is -1.68. The van der Waals surface area contributed by atoms with Crippen molar-refractivity contribution in [3.8, 4) is 0 Å². The highest BCUT2D eigenvalue weighted by Crippen LogP contribution is 2.39. The molecule has 1 amide bonds. The van der Waals surface area contributed by atoms with Crippen LogP contribution in [0.2, 0.25) is 0 Å². The molecule has 1 N–H and O–H groups in total. The summed E-state index contributed by atoms with van der Waals surface area (Å²) < 4.78 is 13.3. The molecule has 0 aliphatic carbocycles. The van der Waals surface area contributed by atoms with Gasteiger partial charge in [-0.3, -0.25) is 9.59 Å². The van der Waals surface area contributed by atoms with E-state index in [0.717, 1.165) is 24.0 Å². The van der Waals surface area contributed by atoms with Crippen molar-refractivity contribution in [3.05, 3.63) is 76.6 Å². The zero-order chi connectivity index (χ0) is 21.1. The van der Waals surface area contributed by atoms with Gasteiger partial charge < -0.3 is 10.0 Å². The van der Waals surface area contributed by atoms with E-state index in [0.29, 0.717) is 18.0 Å². The van der Waals surface area contributed by atoms with E-state index in [9.17, 15) is 19.1 Å². The molecule has 0 radical (unpaired) electrons. The Balaban J connectivity index is 2.13. The lowest BCUT2D eigenvalue weighted by molar-refractivity contribution is -0.139. The molecule has 3 rings (SSSR count). The number of nitrogens with zero attached hydrogens (tertiary/aromatic N) is 1. The molecule has 29 heavy (non-hydrogen) atoms. The van der Waals surface area contributed by atoms with Crippen molar-refractivity contribution >= 4 is 17.4 Å². The Bertz CT molecular complexity index is 930. The first-order valence-corrected chi connectivity index (χ1v) is 9.99. The summed E-state index contributed by atoms with van der Waals surface area (Å²) >= 11 is 0. The van der Waals surface area contributed by atoms with Gasteiger partial charge in [0.2, 0.25) is 0 Å². The predicted molar refractivity (Wildman–Crippen MR) is 111 cm³/mol. The maximum Gasteiger partial charge on any atom is 0.295 e. The van der Waals surface area contributed by atoms with Crippen LogP contribution in [0.3, 0.4) is 0 Å². The van der Waals surface area contributed by atoms with Crippen molar-refractivity contribution in [2.45, 2.75) is 45.6 Å². The molecule has 1 aliphatic heterocycles. The Hall–Kier alpha value is -2.95. The number of benzene rings is 2. The Labute approximate surface area is 170 Å². The van der Waals surface area contributed by atoms with Crippen LogP contribution in [0.4, 0.5) is 4.39 Å². The second-order valence-electron chi connectivity index (χ2n) is 7.67. The second-order valence-corrected chi connectivity index (χ2v) is 7.67. The Kier molecular flexibility index (Phi) is 6.16. The van der Waals surface area contributed by atoms with Crippen molar-refractivity contribution in [2.24, 2.45) is 0 Å². The number of hydrogen-bond donors (Lipinski definition) is 1. The van der Waals surface area contributed by atoms with Crippen LogP contribution in [-0.4, -0.2) is 28.2 Å². The first-order chi connectivity index (χ1) is 13.8. The lowest BCUT2D eigenvalue weighted by atomic mass is 9.93. The van der Waals surface area contributed by atoms with Crippen LogP contribution in [0, 0.1) is 5.82 Å². The number of Topliss-reactive ketones (excluding diaryl/α,β-unsaturated/α-hetero) is 1. The van der Waals surface area contributed by atoms with Gasteiger partial charge >= 0.3 is 0 Å². The van der Waals surface area contributed by atoms with E-state index in [1.54, 1.807) is 0 Å². The maximum atomic E-state index is 13.3. The van der Waals surface area contributed by atoms with E-state index in [-0.39, 0.29) is 11.3 Å². The average Bonchev–Trinajstić information content (AvgIpc) is 2.97. The van der Waals surface area contributed by atoms with Gasteiger partial charge in [-0.15, -0.1) is 0 Å². The third-order valence-corrected chi connectivity index (χ3v) is 5.33. The van der Waals surface area contributed by atoms with Crippen LogP contribution in [0.5, 0.6) is 0 Å². The van der Waals surface area contributed by atoms with Crippen LogP contribution in [-0.2, 0) is 9.59 Å².